The predicted octanol–water partition coefficient (Wildman–Crippen LogP) is 2.13. The van der Waals surface area contributed by atoms with Gasteiger partial charge < -0.3 is 4.74 Å². The summed E-state index contributed by atoms with van der Waals surface area (Å²) in [5, 5.41) is 0. The fourth-order valence-corrected chi connectivity index (χ4v) is 1.28. The molecule has 0 saturated heterocycles. The van der Waals surface area contributed by atoms with Crippen LogP contribution in [-0.2, 0) is 9.53 Å². The molecule has 0 bridgehead atoms. The smallest absolute Gasteiger partial charge is 0.305 e. The van der Waals surface area contributed by atoms with Gasteiger partial charge in [-0.1, -0.05) is 20.3 Å². The quantitative estimate of drug-likeness (QED) is 0.585. The molecule has 0 unspecified atom stereocenters. The molecule has 2 nitrogen and oxygen atoms in total. The molecular weight excluding hydrogens is 140 g/mol. The van der Waals surface area contributed by atoms with E-state index in [1.54, 1.807) is 0 Å². The van der Waals surface area contributed by atoms with Gasteiger partial charge in [0, 0.05) is 11.8 Å². The highest BCUT2D eigenvalue weighted by Crippen LogP contribution is 2.40. The van der Waals surface area contributed by atoms with Gasteiger partial charge in [0.25, 0.3) is 0 Å². The van der Waals surface area contributed by atoms with Crippen molar-refractivity contribution in [2.24, 2.45) is 5.41 Å². The van der Waals surface area contributed by atoms with E-state index in [4.69, 9.17) is 4.74 Å². The number of hydrogen-bond acceptors (Lipinski definition) is 2. The maximum atomic E-state index is 10.8. The van der Waals surface area contributed by atoms with E-state index in [-0.39, 0.29) is 5.97 Å². The van der Waals surface area contributed by atoms with Crippen molar-refractivity contribution in [1.29, 1.82) is 0 Å². The Bertz CT molecular complexity index is 148. The lowest BCUT2D eigenvalue weighted by molar-refractivity contribution is -0.148. The summed E-state index contributed by atoms with van der Waals surface area (Å²) in [6, 6.07) is 0. The topological polar surface area (TPSA) is 26.3 Å². The highest BCUT2D eigenvalue weighted by molar-refractivity contribution is 5.68. The monoisotopic (exact) mass is 156 g/mol. The number of carbonyl (C=O) groups excluding carboxylic acids is 1. The molecule has 1 fully saturated rings. The van der Waals surface area contributed by atoms with Crippen LogP contribution in [0.25, 0.3) is 0 Å². The minimum atomic E-state index is -0.0712. The summed E-state index contributed by atoms with van der Waals surface area (Å²) >= 11 is 0. The third-order valence-corrected chi connectivity index (χ3v) is 2.43. The van der Waals surface area contributed by atoms with Crippen LogP contribution in [-0.4, -0.2) is 12.6 Å². The molecule has 64 valence electrons. The molecule has 0 aromatic carbocycles. The fourth-order valence-electron chi connectivity index (χ4n) is 1.28. The molecule has 0 aliphatic heterocycles. The summed E-state index contributed by atoms with van der Waals surface area (Å²) < 4.78 is 5.06. The fraction of sp³-hybridized carbons (Fsp3) is 0.889. The van der Waals surface area contributed by atoms with E-state index in [1.165, 1.54) is 19.3 Å². The lowest BCUT2D eigenvalue weighted by Gasteiger charge is -2.37. The number of ether oxygens (including phenoxy) is 1. The van der Waals surface area contributed by atoms with Crippen LogP contribution in [0.5, 0.6) is 0 Å². The molecule has 11 heavy (non-hydrogen) atoms. The Morgan fingerprint density at radius 1 is 1.55 bits per heavy atom. The zero-order chi connectivity index (χ0) is 8.32. The molecule has 1 aliphatic rings. The molecule has 0 atom stereocenters. The van der Waals surface area contributed by atoms with Gasteiger partial charge in [-0.25, -0.2) is 0 Å². The second-order valence-electron chi connectivity index (χ2n) is 3.68. The second kappa shape index (κ2) is 3.24. The van der Waals surface area contributed by atoms with Crippen molar-refractivity contribution in [2.45, 2.75) is 39.5 Å². The molecule has 0 aromatic heterocycles. The molecule has 2 heteroatoms. The van der Waals surface area contributed by atoms with Crippen molar-refractivity contribution in [3.63, 3.8) is 0 Å². The molecule has 0 heterocycles. The lowest BCUT2D eigenvalue weighted by Crippen LogP contribution is -2.31. The van der Waals surface area contributed by atoms with Gasteiger partial charge in [0.1, 0.15) is 0 Å². The zero-order valence-corrected chi connectivity index (χ0v) is 7.35. The maximum absolute atomic E-state index is 10.8. The van der Waals surface area contributed by atoms with E-state index in [0.717, 1.165) is 0 Å². The van der Waals surface area contributed by atoms with E-state index in [9.17, 15) is 4.79 Å². The molecule has 0 radical (unpaired) electrons. The van der Waals surface area contributed by atoms with E-state index in [0.29, 0.717) is 18.4 Å². The average molecular weight is 156 g/mol. The van der Waals surface area contributed by atoms with Gasteiger partial charge in [-0.15, -0.1) is 0 Å². The zero-order valence-electron chi connectivity index (χ0n) is 7.35. The van der Waals surface area contributed by atoms with Crippen molar-refractivity contribution in [3.8, 4) is 0 Å². The molecule has 0 N–H and O–H groups in total. The van der Waals surface area contributed by atoms with Crippen LogP contribution in [0.3, 0.4) is 0 Å². The van der Waals surface area contributed by atoms with E-state index in [1.807, 2.05) is 6.92 Å². The Kier molecular flexibility index (Phi) is 2.53. The first-order valence-electron chi connectivity index (χ1n) is 4.32. The Hall–Kier alpha value is -0.530. The minimum Gasteiger partial charge on any atom is -0.465 e. The number of hydrogen-bond donors (Lipinski definition) is 0. The van der Waals surface area contributed by atoms with Gasteiger partial charge in [0.05, 0.1) is 6.61 Å². The maximum Gasteiger partial charge on any atom is 0.305 e. The molecule has 0 aromatic rings. The van der Waals surface area contributed by atoms with Crippen molar-refractivity contribution >= 4 is 5.97 Å². The summed E-state index contributed by atoms with van der Waals surface area (Å²) in [6.07, 6.45) is 4.21. The number of esters is 1. The van der Waals surface area contributed by atoms with Crippen molar-refractivity contribution in [3.05, 3.63) is 0 Å². The van der Waals surface area contributed by atoms with Crippen molar-refractivity contribution in [1.82, 2.24) is 0 Å². The number of carbonyl (C=O) groups is 1. The van der Waals surface area contributed by atoms with Crippen LogP contribution < -0.4 is 0 Å². The van der Waals surface area contributed by atoms with Gasteiger partial charge in [-0.05, 0) is 12.8 Å². The van der Waals surface area contributed by atoms with E-state index >= 15 is 0 Å². The van der Waals surface area contributed by atoms with Crippen LogP contribution >= 0.6 is 0 Å². The van der Waals surface area contributed by atoms with Gasteiger partial charge >= 0.3 is 5.97 Å². The number of rotatable bonds is 3. The normalized spacial score (nSPS) is 20.5. The summed E-state index contributed by atoms with van der Waals surface area (Å²) in [6.45, 7) is 4.63. The summed E-state index contributed by atoms with van der Waals surface area (Å²) in [5.74, 6) is -0.0712. The Labute approximate surface area is 67.9 Å². The van der Waals surface area contributed by atoms with Gasteiger partial charge in [0.15, 0.2) is 0 Å². The minimum absolute atomic E-state index is 0.0712. The largest absolute Gasteiger partial charge is 0.465 e. The molecule has 0 spiro atoms. The standard InChI is InChI=1S/C9H16O2/c1-3-8(10)11-7-9(2)5-4-6-9/h3-7H2,1-2H3. The first kappa shape index (κ1) is 8.57. The summed E-state index contributed by atoms with van der Waals surface area (Å²) in [5.41, 5.74) is 0.310. The van der Waals surface area contributed by atoms with Crippen LogP contribution in [0.1, 0.15) is 39.5 Å². The molecule has 1 aliphatic carbocycles. The van der Waals surface area contributed by atoms with Crippen LogP contribution in [0, 0.1) is 5.41 Å². The predicted molar refractivity (Wildman–Crippen MR) is 43.2 cm³/mol. The third kappa shape index (κ3) is 2.21. The molecular formula is C9H16O2. The Balaban J connectivity index is 2.16. The highest BCUT2D eigenvalue weighted by Gasteiger charge is 2.32. The van der Waals surface area contributed by atoms with E-state index in [2.05, 4.69) is 6.92 Å². The summed E-state index contributed by atoms with van der Waals surface area (Å²) in [7, 11) is 0. The molecule has 0 amide bonds. The van der Waals surface area contributed by atoms with Gasteiger partial charge in [0.2, 0.25) is 0 Å². The highest BCUT2D eigenvalue weighted by atomic mass is 16.5. The first-order valence-corrected chi connectivity index (χ1v) is 4.32. The lowest BCUT2D eigenvalue weighted by atomic mass is 9.71. The van der Waals surface area contributed by atoms with Crippen LogP contribution in [0.2, 0.25) is 0 Å². The van der Waals surface area contributed by atoms with Crippen molar-refractivity contribution < 1.29 is 9.53 Å². The average Bonchev–Trinajstić information content (AvgIpc) is 1.96. The Morgan fingerprint density at radius 3 is 2.55 bits per heavy atom. The van der Waals surface area contributed by atoms with Gasteiger partial charge in [-0.3, -0.25) is 4.79 Å². The summed E-state index contributed by atoms with van der Waals surface area (Å²) in [4.78, 5) is 10.8. The molecule has 1 rings (SSSR count). The first-order chi connectivity index (χ1) is 5.16. The van der Waals surface area contributed by atoms with E-state index < -0.39 is 0 Å². The van der Waals surface area contributed by atoms with Gasteiger partial charge in [-0.2, -0.15) is 0 Å². The van der Waals surface area contributed by atoms with Crippen LogP contribution in [0.4, 0.5) is 0 Å². The van der Waals surface area contributed by atoms with Crippen LogP contribution in [0.15, 0.2) is 0 Å². The second-order valence-corrected chi connectivity index (χ2v) is 3.68. The Morgan fingerprint density at radius 2 is 2.18 bits per heavy atom. The van der Waals surface area contributed by atoms with Crippen molar-refractivity contribution in [2.75, 3.05) is 6.61 Å². The molecule has 1 saturated carbocycles. The third-order valence-electron chi connectivity index (χ3n) is 2.43. The SMILES string of the molecule is CCC(=O)OCC1(C)CCC1.